The Labute approximate surface area is 115 Å². The van der Waals surface area contributed by atoms with Gasteiger partial charge in [0.1, 0.15) is 0 Å². The lowest BCUT2D eigenvalue weighted by Crippen LogP contribution is -2.22. The van der Waals surface area contributed by atoms with Gasteiger partial charge in [0.25, 0.3) is 0 Å². The van der Waals surface area contributed by atoms with Crippen LogP contribution in [0.5, 0.6) is 0 Å². The normalized spacial score (nSPS) is 12.3. The summed E-state index contributed by atoms with van der Waals surface area (Å²) < 4.78 is 0. The molecule has 2 nitrogen and oxygen atoms in total. The molecular weight excluding hydrogens is 232 g/mol. The number of nitrogens with one attached hydrogen (secondary N) is 1. The van der Waals surface area contributed by atoms with Crippen LogP contribution in [0.4, 0.5) is 0 Å². The summed E-state index contributed by atoms with van der Waals surface area (Å²) in [6.07, 6.45) is 3.95. The predicted octanol–water partition coefficient (Wildman–Crippen LogP) is 3.67. The summed E-state index contributed by atoms with van der Waals surface area (Å²) >= 11 is 0. The van der Waals surface area contributed by atoms with E-state index in [2.05, 4.69) is 60.5 Å². The summed E-state index contributed by atoms with van der Waals surface area (Å²) in [4.78, 5) is 4.40. The van der Waals surface area contributed by atoms with Crippen molar-refractivity contribution in [1.82, 2.24) is 10.3 Å². The van der Waals surface area contributed by atoms with E-state index in [4.69, 9.17) is 0 Å². The molecule has 0 aliphatic heterocycles. The van der Waals surface area contributed by atoms with Gasteiger partial charge in [-0.15, -0.1) is 0 Å². The molecule has 0 radical (unpaired) electrons. The summed E-state index contributed by atoms with van der Waals surface area (Å²) in [7, 11) is 0. The molecule has 0 saturated heterocycles. The van der Waals surface area contributed by atoms with Crippen LogP contribution in [-0.2, 0) is 6.42 Å². The minimum Gasteiger partial charge on any atom is -0.310 e. The van der Waals surface area contributed by atoms with Gasteiger partial charge in [-0.2, -0.15) is 0 Å². The number of nitrogens with zero attached hydrogens (tertiary/aromatic N) is 1. The number of hydrogen-bond donors (Lipinski definition) is 1. The van der Waals surface area contributed by atoms with Gasteiger partial charge in [0, 0.05) is 17.9 Å². The molecule has 0 bridgehead atoms. The van der Waals surface area contributed by atoms with E-state index in [9.17, 15) is 0 Å². The van der Waals surface area contributed by atoms with E-state index >= 15 is 0 Å². The minimum atomic E-state index is 0.410. The minimum absolute atomic E-state index is 0.410. The predicted molar refractivity (Wildman–Crippen MR) is 80.2 cm³/mol. The molecule has 1 aromatic carbocycles. The molecule has 0 saturated carbocycles. The van der Waals surface area contributed by atoms with E-state index in [-0.39, 0.29) is 0 Å². The zero-order valence-corrected chi connectivity index (χ0v) is 11.8. The number of aromatic nitrogens is 1. The van der Waals surface area contributed by atoms with E-state index in [0.717, 1.165) is 19.4 Å². The number of hydrogen-bond acceptors (Lipinski definition) is 2. The van der Waals surface area contributed by atoms with Gasteiger partial charge in [0.15, 0.2) is 0 Å². The third-order valence-electron chi connectivity index (χ3n) is 3.43. The summed E-state index contributed by atoms with van der Waals surface area (Å²) in [5.41, 5.74) is 3.92. The van der Waals surface area contributed by atoms with Crippen LogP contribution in [0.25, 0.3) is 0 Å². The van der Waals surface area contributed by atoms with E-state index in [1.807, 2.05) is 12.3 Å². The molecule has 1 N–H and O–H groups in total. The van der Waals surface area contributed by atoms with E-state index < -0.39 is 0 Å². The first-order valence-electron chi connectivity index (χ1n) is 7.00. The Kier molecular flexibility index (Phi) is 5.10. The highest BCUT2D eigenvalue weighted by Crippen LogP contribution is 2.21. The first kappa shape index (κ1) is 13.8. The molecule has 0 aliphatic carbocycles. The van der Waals surface area contributed by atoms with Gasteiger partial charge in [-0.25, -0.2) is 0 Å². The lowest BCUT2D eigenvalue weighted by atomic mass is 9.96. The SMILES string of the molecule is CCNC(CCc1ccccn1)c1ccccc1C. The smallest absolute Gasteiger partial charge is 0.0404 e. The topological polar surface area (TPSA) is 24.9 Å². The van der Waals surface area contributed by atoms with E-state index in [0.29, 0.717) is 6.04 Å². The number of rotatable bonds is 6. The van der Waals surface area contributed by atoms with Crippen molar-refractivity contribution in [2.45, 2.75) is 32.7 Å². The number of benzene rings is 1. The molecule has 19 heavy (non-hydrogen) atoms. The van der Waals surface area contributed by atoms with Gasteiger partial charge >= 0.3 is 0 Å². The molecule has 1 aromatic heterocycles. The van der Waals surface area contributed by atoms with Crippen molar-refractivity contribution < 1.29 is 0 Å². The zero-order chi connectivity index (χ0) is 13.5. The first-order valence-corrected chi connectivity index (χ1v) is 7.00. The molecule has 0 amide bonds. The van der Waals surface area contributed by atoms with Gasteiger partial charge in [0.05, 0.1) is 0 Å². The van der Waals surface area contributed by atoms with Gasteiger partial charge in [0.2, 0.25) is 0 Å². The molecule has 0 aliphatic rings. The fraction of sp³-hybridized carbons (Fsp3) is 0.353. The van der Waals surface area contributed by atoms with Crippen LogP contribution in [0.2, 0.25) is 0 Å². The fourth-order valence-corrected chi connectivity index (χ4v) is 2.43. The average Bonchev–Trinajstić information content (AvgIpc) is 2.45. The second-order valence-corrected chi connectivity index (χ2v) is 4.83. The maximum atomic E-state index is 4.40. The van der Waals surface area contributed by atoms with E-state index in [1.54, 1.807) is 0 Å². The van der Waals surface area contributed by atoms with E-state index in [1.165, 1.54) is 16.8 Å². The summed E-state index contributed by atoms with van der Waals surface area (Å²) in [6.45, 7) is 5.33. The van der Waals surface area contributed by atoms with Crippen LogP contribution in [0, 0.1) is 6.92 Å². The van der Waals surface area contributed by atoms with Crippen LogP contribution in [0.1, 0.15) is 36.2 Å². The quantitative estimate of drug-likeness (QED) is 0.850. The van der Waals surface area contributed by atoms with Crippen molar-refractivity contribution in [3.8, 4) is 0 Å². The Balaban J connectivity index is 2.07. The van der Waals surface area contributed by atoms with Gasteiger partial charge in [-0.05, 0) is 49.6 Å². The largest absolute Gasteiger partial charge is 0.310 e. The molecule has 0 fully saturated rings. The van der Waals surface area contributed by atoms with Crippen LogP contribution in [0.3, 0.4) is 0 Å². The van der Waals surface area contributed by atoms with Crippen molar-refractivity contribution in [2.75, 3.05) is 6.54 Å². The van der Waals surface area contributed by atoms with Crippen molar-refractivity contribution in [2.24, 2.45) is 0 Å². The average molecular weight is 254 g/mol. The molecule has 100 valence electrons. The standard InChI is InChI=1S/C17H22N2/c1-3-18-17(16-10-5-4-8-14(16)2)12-11-15-9-6-7-13-19-15/h4-10,13,17-18H,3,11-12H2,1-2H3. The lowest BCUT2D eigenvalue weighted by Gasteiger charge is -2.20. The molecule has 0 spiro atoms. The van der Waals surface area contributed by atoms with Crippen LogP contribution in [-0.4, -0.2) is 11.5 Å². The third kappa shape index (κ3) is 3.90. The highest BCUT2D eigenvalue weighted by molar-refractivity contribution is 5.28. The Morgan fingerprint density at radius 1 is 1.11 bits per heavy atom. The maximum Gasteiger partial charge on any atom is 0.0404 e. The Morgan fingerprint density at radius 2 is 1.89 bits per heavy atom. The zero-order valence-electron chi connectivity index (χ0n) is 11.8. The Bertz CT molecular complexity index is 494. The van der Waals surface area contributed by atoms with Crippen molar-refractivity contribution in [3.05, 3.63) is 65.5 Å². The van der Waals surface area contributed by atoms with Gasteiger partial charge in [-0.3, -0.25) is 4.98 Å². The first-order chi connectivity index (χ1) is 9.31. The van der Waals surface area contributed by atoms with Crippen molar-refractivity contribution >= 4 is 0 Å². The highest BCUT2D eigenvalue weighted by Gasteiger charge is 2.12. The lowest BCUT2D eigenvalue weighted by molar-refractivity contribution is 0.510. The van der Waals surface area contributed by atoms with Crippen LogP contribution < -0.4 is 5.32 Å². The van der Waals surface area contributed by atoms with Gasteiger partial charge < -0.3 is 5.32 Å². The monoisotopic (exact) mass is 254 g/mol. The molecule has 1 atom stereocenters. The molecule has 2 aromatic rings. The molecule has 1 unspecified atom stereocenters. The molecular formula is C17H22N2. The Hall–Kier alpha value is -1.67. The second kappa shape index (κ2) is 7.05. The van der Waals surface area contributed by atoms with Crippen LogP contribution in [0.15, 0.2) is 48.7 Å². The maximum absolute atomic E-state index is 4.40. The molecule has 2 rings (SSSR count). The highest BCUT2D eigenvalue weighted by atomic mass is 14.9. The van der Waals surface area contributed by atoms with Crippen molar-refractivity contribution in [1.29, 1.82) is 0 Å². The molecule has 2 heteroatoms. The summed E-state index contributed by atoms with van der Waals surface area (Å²) in [5.74, 6) is 0. The number of aryl methyl sites for hydroxylation is 2. The third-order valence-corrected chi connectivity index (χ3v) is 3.43. The molecule has 1 heterocycles. The van der Waals surface area contributed by atoms with Crippen LogP contribution >= 0.6 is 0 Å². The van der Waals surface area contributed by atoms with Crippen molar-refractivity contribution in [3.63, 3.8) is 0 Å². The summed E-state index contributed by atoms with van der Waals surface area (Å²) in [5, 5.41) is 3.58. The number of pyridine rings is 1. The fourth-order valence-electron chi connectivity index (χ4n) is 2.43. The second-order valence-electron chi connectivity index (χ2n) is 4.83. The van der Waals surface area contributed by atoms with Gasteiger partial charge in [-0.1, -0.05) is 37.3 Å². The summed E-state index contributed by atoms with van der Waals surface area (Å²) in [6, 6.07) is 15.1. The Morgan fingerprint density at radius 3 is 2.58 bits per heavy atom.